The molecule has 1 aromatic rings. The van der Waals surface area contributed by atoms with Crippen molar-refractivity contribution in [2.24, 2.45) is 0 Å². The third-order valence-corrected chi connectivity index (χ3v) is 3.12. The molecule has 0 heterocycles. The maximum atomic E-state index is 13.2. The van der Waals surface area contributed by atoms with Crippen molar-refractivity contribution in [1.82, 2.24) is 0 Å². The first-order valence-electron chi connectivity index (χ1n) is 3.61. The molecule has 0 atom stereocenters. The van der Waals surface area contributed by atoms with Crippen LogP contribution in [0.1, 0.15) is 15.9 Å². The van der Waals surface area contributed by atoms with Crippen molar-refractivity contribution in [3.63, 3.8) is 0 Å². The summed E-state index contributed by atoms with van der Waals surface area (Å²) >= 11 is 6.26. The molecule has 0 fully saturated rings. The number of ketones is 1. The fourth-order valence-electron chi connectivity index (χ4n) is 1.06. The summed E-state index contributed by atoms with van der Waals surface area (Å²) in [5.74, 6) is -0.707. The largest absolute Gasteiger partial charge is 0.293 e. The monoisotopic (exact) mass is 308 g/mol. The Labute approximate surface area is 92.6 Å². The molecule has 1 rings (SSSR count). The molecule has 0 saturated heterocycles. The minimum atomic E-state index is -0.467. The molecule has 1 nitrogen and oxygen atoms in total. The summed E-state index contributed by atoms with van der Waals surface area (Å²) in [4.78, 5) is 11.3. The maximum absolute atomic E-state index is 13.2. The number of hydrogen-bond acceptors (Lipinski definition) is 1. The molecular weight excluding hydrogens is 303 g/mol. The predicted molar refractivity (Wildman–Crippen MR) is 57.0 cm³/mol. The van der Waals surface area contributed by atoms with E-state index in [1.165, 1.54) is 6.07 Å². The van der Waals surface area contributed by atoms with Gasteiger partial charge >= 0.3 is 0 Å². The van der Waals surface area contributed by atoms with Gasteiger partial charge in [-0.25, -0.2) is 4.39 Å². The summed E-state index contributed by atoms with van der Waals surface area (Å²) in [6.45, 7) is 1.71. The van der Waals surface area contributed by atoms with Crippen LogP contribution in [0.3, 0.4) is 0 Å². The van der Waals surface area contributed by atoms with Crippen LogP contribution >= 0.6 is 31.9 Å². The average molecular weight is 310 g/mol. The Morgan fingerprint density at radius 3 is 2.69 bits per heavy atom. The van der Waals surface area contributed by atoms with Crippen molar-refractivity contribution in [1.29, 1.82) is 0 Å². The summed E-state index contributed by atoms with van der Waals surface area (Å²) < 4.78 is 14.0. The van der Waals surface area contributed by atoms with Crippen LogP contribution in [0, 0.1) is 12.7 Å². The van der Waals surface area contributed by atoms with E-state index >= 15 is 0 Å². The van der Waals surface area contributed by atoms with Crippen molar-refractivity contribution in [3.05, 3.63) is 33.5 Å². The fourth-order valence-corrected chi connectivity index (χ4v) is 1.67. The van der Waals surface area contributed by atoms with Crippen LogP contribution < -0.4 is 0 Å². The second-order valence-corrected chi connectivity index (χ2v) is 4.00. The Morgan fingerprint density at radius 2 is 2.15 bits per heavy atom. The molecule has 0 bridgehead atoms. The molecule has 0 unspecified atom stereocenters. The molecule has 0 spiro atoms. The lowest BCUT2D eigenvalue weighted by molar-refractivity contribution is 0.101. The SMILES string of the molecule is Cc1c(Br)ccc(F)c1C(=O)CBr. The number of hydrogen-bond donors (Lipinski definition) is 0. The highest BCUT2D eigenvalue weighted by molar-refractivity contribution is 9.10. The number of alkyl halides is 1. The standard InChI is InChI=1S/C9H7Br2FO/c1-5-6(11)2-3-7(12)9(5)8(13)4-10/h2-3H,4H2,1H3. The molecule has 1 aromatic carbocycles. The topological polar surface area (TPSA) is 17.1 Å². The molecule has 0 aromatic heterocycles. The molecule has 0 aliphatic heterocycles. The van der Waals surface area contributed by atoms with Gasteiger partial charge in [0.05, 0.1) is 10.9 Å². The van der Waals surface area contributed by atoms with E-state index in [-0.39, 0.29) is 16.7 Å². The van der Waals surface area contributed by atoms with Gasteiger partial charge in [0.15, 0.2) is 5.78 Å². The Hall–Kier alpha value is -0.220. The van der Waals surface area contributed by atoms with Gasteiger partial charge in [0.1, 0.15) is 5.82 Å². The van der Waals surface area contributed by atoms with Crippen LogP contribution in [-0.2, 0) is 0 Å². The van der Waals surface area contributed by atoms with E-state index < -0.39 is 5.82 Å². The van der Waals surface area contributed by atoms with Crippen molar-refractivity contribution in [2.75, 3.05) is 5.33 Å². The lowest BCUT2D eigenvalue weighted by Crippen LogP contribution is -2.06. The number of Topliss-reactive ketones (excluding diaryl/α,β-unsaturated/α-hetero) is 1. The summed E-state index contributed by atoms with van der Waals surface area (Å²) in [5.41, 5.74) is 0.802. The normalized spacial score (nSPS) is 10.2. The molecular formula is C9H7Br2FO. The van der Waals surface area contributed by atoms with Gasteiger partial charge in [0, 0.05) is 4.47 Å². The van der Waals surface area contributed by atoms with Gasteiger partial charge in [0.25, 0.3) is 0 Å². The second kappa shape index (κ2) is 4.33. The molecule has 0 aliphatic carbocycles. The first-order chi connectivity index (χ1) is 6.07. The van der Waals surface area contributed by atoms with Gasteiger partial charge in [-0.1, -0.05) is 31.9 Å². The Kier molecular flexibility index (Phi) is 3.62. The first kappa shape index (κ1) is 10.9. The Balaban J connectivity index is 3.33. The zero-order valence-corrected chi connectivity index (χ0v) is 10.1. The molecule has 0 radical (unpaired) electrons. The maximum Gasteiger partial charge on any atom is 0.176 e. The van der Waals surface area contributed by atoms with Crippen molar-refractivity contribution < 1.29 is 9.18 Å². The van der Waals surface area contributed by atoms with Gasteiger partial charge < -0.3 is 0 Å². The van der Waals surface area contributed by atoms with Crippen LogP contribution in [0.4, 0.5) is 4.39 Å². The number of rotatable bonds is 2. The second-order valence-electron chi connectivity index (χ2n) is 2.59. The minimum absolute atomic E-state index is 0.140. The molecule has 0 N–H and O–H groups in total. The summed E-state index contributed by atoms with van der Waals surface area (Å²) in [7, 11) is 0. The van der Waals surface area contributed by atoms with Crippen LogP contribution in [0.15, 0.2) is 16.6 Å². The van der Waals surface area contributed by atoms with E-state index in [4.69, 9.17) is 0 Å². The summed E-state index contributed by atoms with van der Waals surface area (Å²) in [5, 5.41) is 0.140. The zero-order chi connectivity index (χ0) is 10.0. The minimum Gasteiger partial charge on any atom is -0.293 e. The van der Waals surface area contributed by atoms with Crippen LogP contribution in [0.2, 0.25) is 0 Å². The summed E-state index contributed by atoms with van der Waals surface area (Å²) in [6.07, 6.45) is 0. The van der Waals surface area contributed by atoms with Crippen molar-refractivity contribution in [3.8, 4) is 0 Å². The molecule has 13 heavy (non-hydrogen) atoms. The smallest absolute Gasteiger partial charge is 0.176 e. The molecule has 0 amide bonds. The lowest BCUT2D eigenvalue weighted by atomic mass is 10.1. The van der Waals surface area contributed by atoms with E-state index in [0.29, 0.717) is 5.56 Å². The highest BCUT2D eigenvalue weighted by Gasteiger charge is 2.14. The highest BCUT2D eigenvalue weighted by atomic mass is 79.9. The summed E-state index contributed by atoms with van der Waals surface area (Å²) in [6, 6.07) is 2.88. The van der Waals surface area contributed by atoms with E-state index in [1.54, 1.807) is 13.0 Å². The highest BCUT2D eigenvalue weighted by Crippen LogP contribution is 2.23. The Morgan fingerprint density at radius 1 is 1.54 bits per heavy atom. The van der Waals surface area contributed by atoms with Gasteiger partial charge in [-0.2, -0.15) is 0 Å². The van der Waals surface area contributed by atoms with Crippen molar-refractivity contribution >= 4 is 37.6 Å². The van der Waals surface area contributed by atoms with E-state index in [9.17, 15) is 9.18 Å². The van der Waals surface area contributed by atoms with Gasteiger partial charge in [-0.15, -0.1) is 0 Å². The van der Waals surface area contributed by atoms with Crippen molar-refractivity contribution in [2.45, 2.75) is 6.92 Å². The first-order valence-corrected chi connectivity index (χ1v) is 5.53. The molecule has 0 saturated carbocycles. The fraction of sp³-hybridized carbons (Fsp3) is 0.222. The number of halogens is 3. The number of carbonyl (C=O) groups is 1. The molecule has 70 valence electrons. The third kappa shape index (κ3) is 2.17. The zero-order valence-electron chi connectivity index (χ0n) is 6.90. The molecule has 0 aliphatic rings. The van der Waals surface area contributed by atoms with Gasteiger partial charge in [-0.3, -0.25) is 4.79 Å². The van der Waals surface area contributed by atoms with Gasteiger partial charge in [-0.05, 0) is 24.6 Å². The van der Waals surface area contributed by atoms with E-state index in [0.717, 1.165) is 4.47 Å². The predicted octanol–water partition coefficient (Wildman–Crippen LogP) is 3.47. The van der Waals surface area contributed by atoms with Crippen LogP contribution in [-0.4, -0.2) is 11.1 Å². The number of carbonyl (C=O) groups excluding carboxylic acids is 1. The quantitative estimate of drug-likeness (QED) is 0.604. The molecule has 4 heteroatoms. The number of benzene rings is 1. The van der Waals surface area contributed by atoms with Crippen LogP contribution in [0.5, 0.6) is 0 Å². The lowest BCUT2D eigenvalue weighted by Gasteiger charge is -2.05. The average Bonchev–Trinajstić information content (AvgIpc) is 2.12. The Bertz CT molecular complexity index is 350. The van der Waals surface area contributed by atoms with E-state index in [1.807, 2.05) is 0 Å². The van der Waals surface area contributed by atoms with Crippen LogP contribution in [0.25, 0.3) is 0 Å². The van der Waals surface area contributed by atoms with Gasteiger partial charge in [0.2, 0.25) is 0 Å². The van der Waals surface area contributed by atoms with E-state index in [2.05, 4.69) is 31.9 Å². The third-order valence-electron chi connectivity index (χ3n) is 1.75.